The lowest BCUT2D eigenvalue weighted by molar-refractivity contribution is 0.529. The third-order valence-electron chi connectivity index (χ3n) is 1.10. The highest BCUT2D eigenvalue weighted by Crippen LogP contribution is 2.05. The monoisotopic (exact) mass is 236 g/mol. The van der Waals surface area contributed by atoms with Crippen molar-refractivity contribution in [2.24, 2.45) is 0 Å². The van der Waals surface area contributed by atoms with E-state index < -0.39 is 0 Å². The van der Waals surface area contributed by atoms with Gasteiger partial charge in [-0.05, 0) is 42.5 Å². The van der Waals surface area contributed by atoms with Gasteiger partial charge >= 0.3 is 0 Å². The summed E-state index contributed by atoms with van der Waals surface area (Å²) in [5.74, 6) is 0. The standard InChI is InChI=1S/C6H9IN2/c1-5(2)9-4-3-6(7)8-9/h3-5H,1-2H3. The Bertz CT molecular complexity index is 193. The van der Waals surface area contributed by atoms with E-state index in [4.69, 9.17) is 0 Å². The molecule has 0 spiro atoms. The molecule has 0 aliphatic heterocycles. The van der Waals surface area contributed by atoms with E-state index in [1.165, 1.54) is 0 Å². The average molecular weight is 236 g/mol. The quantitative estimate of drug-likeness (QED) is 0.682. The van der Waals surface area contributed by atoms with Gasteiger partial charge < -0.3 is 0 Å². The molecule has 0 amide bonds. The molecule has 0 aliphatic carbocycles. The van der Waals surface area contributed by atoms with Gasteiger partial charge in [0.25, 0.3) is 0 Å². The van der Waals surface area contributed by atoms with Gasteiger partial charge in [0, 0.05) is 12.2 Å². The minimum absolute atomic E-state index is 0.480. The Morgan fingerprint density at radius 3 is 2.56 bits per heavy atom. The minimum atomic E-state index is 0.480. The molecule has 0 aliphatic rings. The summed E-state index contributed by atoms with van der Waals surface area (Å²) in [5.41, 5.74) is 0. The number of nitrogens with zero attached hydrogens (tertiary/aromatic N) is 2. The van der Waals surface area contributed by atoms with Crippen molar-refractivity contribution in [3.8, 4) is 0 Å². The Kier molecular flexibility index (Phi) is 2.10. The first-order chi connectivity index (χ1) is 4.20. The Balaban J connectivity index is 2.85. The molecule has 0 bridgehead atoms. The molecule has 0 aromatic carbocycles. The molecule has 50 valence electrons. The first-order valence-corrected chi connectivity index (χ1v) is 3.98. The predicted molar refractivity (Wildman–Crippen MR) is 45.3 cm³/mol. The summed E-state index contributed by atoms with van der Waals surface area (Å²) in [4.78, 5) is 0. The van der Waals surface area contributed by atoms with Crippen LogP contribution in [0.2, 0.25) is 0 Å². The molecule has 0 fully saturated rings. The van der Waals surface area contributed by atoms with E-state index in [0.717, 1.165) is 3.70 Å². The molecular formula is C6H9IN2. The van der Waals surface area contributed by atoms with Gasteiger partial charge in [0.1, 0.15) is 3.70 Å². The van der Waals surface area contributed by atoms with Crippen LogP contribution in [0.15, 0.2) is 12.3 Å². The number of hydrogen-bond donors (Lipinski definition) is 0. The van der Waals surface area contributed by atoms with Crippen LogP contribution < -0.4 is 0 Å². The van der Waals surface area contributed by atoms with Crippen molar-refractivity contribution in [2.45, 2.75) is 19.9 Å². The lowest BCUT2D eigenvalue weighted by atomic mass is 10.4. The molecule has 1 heterocycles. The SMILES string of the molecule is CC(C)n1ccc(I)n1. The second-order valence-corrected chi connectivity index (χ2v) is 3.32. The molecule has 2 nitrogen and oxygen atoms in total. The van der Waals surface area contributed by atoms with E-state index in [2.05, 4.69) is 41.5 Å². The van der Waals surface area contributed by atoms with Crippen LogP contribution >= 0.6 is 22.6 Å². The second kappa shape index (κ2) is 2.68. The molecule has 0 unspecified atom stereocenters. The maximum absolute atomic E-state index is 4.21. The van der Waals surface area contributed by atoms with Gasteiger partial charge in [-0.3, -0.25) is 4.68 Å². The molecule has 3 heteroatoms. The molecule has 9 heavy (non-hydrogen) atoms. The topological polar surface area (TPSA) is 17.8 Å². The fourth-order valence-electron chi connectivity index (χ4n) is 0.602. The van der Waals surface area contributed by atoms with Crippen LogP contribution in [0.25, 0.3) is 0 Å². The maximum atomic E-state index is 4.21. The van der Waals surface area contributed by atoms with Crippen molar-refractivity contribution >= 4 is 22.6 Å². The van der Waals surface area contributed by atoms with Crippen molar-refractivity contribution < 1.29 is 0 Å². The Morgan fingerprint density at radius 1 is 1.67 bits per heavy atom. The lowest BCUT2D eigenvalue weighted by Crippen LogP contribution is -2.00. The van der Waals surface area contributed by atoms with Gasteiger partial charge in [0.05, 0.1) is 0 Å². The maximum Gasteiger partial charge on any atom is 0.123 e. The zero-order valence-corrected chi connectivity index (χ0v) is 7.66. The highest BCUT2D eigenvalue weighted by atomic mass is 127. The Labute approximate surface area is 68.4 Å². The average Bonchev–Trinajstić information content (AvgIpc) is 2.14. The summed E-state index contributed by atoms with van der Waals surface area (Å²) in [7, 11) is 0. The van der Waals surface area contributed by atoms with E-state index in [-0.39, 0.29) is 0 Å². The summed E-state index contributed by atoms with van der Waals surface area (Å²) in [6.07, 6.45) is 1.99. The molecular weight excluding hydrogens is 227 g/mol. The van der Waals surface area contributed by atoms with Crippen molar-refractivity contribution in [2.75, 3.05) is 0 Å². The number of aromatic nitrogens is 2. The second-order valence-electron chi connectivity index (χ2n) is 2.21. The van der Waals surface area contributed by atoms with Crippen LogP contribution in [0, 0.1) is 3.70 Å². The molecule has 0 N–H and O–H groups in total. The lowest BCUT2D eigenvalue weighted by Gasteiger charge is -2.02. The van der Waals surface area contributed by atoms with Gasteiger partial charge in [-0.1, -0.05) is 0 Å². The molecule has 0 saturated carbocycles. The van der Waals surface area contributed by atoms with E-state index in [9.17, 15) is 0 Å². The Hall–Kier alpha value is -0.0600. The van der Waals surface area contributed by atoms with E-state index in [1.807, 2.05) is 16.9 Å². The molecule has 1 rings (SSSR count). The normalized spacial score (nSPS) is 10.7. The Morgan fingerprint density at radius 2 is 2.33 bits per heavy atom. The number of rotatable bonds is 1. The minimum Gasteiger partial charge on any atom is -0.269 e. The first-order valence-electron chi connectivity index (χ1n) is 2.91. The number of halogens is 1. The van der Waals surface area contributed by atoms with Gasteiger partial charge in [-0.25, -0.2) is 0 Å². The van der Waals surface area contributed by atoms with Crippen LogP contribution in [0.3, 0.4) is 0 Å². The first kappa shape index (κ1) is 7.05. The van der Waals surface area contributed by atoms with Crippen molar-refractivity contribution in [3.05, 3.63) is 16.0 Å². The third kappa shape index (κ3) is 1.67. The van der Waals surface area contributed by atoms with Gasteiger partial charge in [-0.2, -0.15) is 5.10 Å². The van der Waals surface area contributed by atoms with E-state index >= 15 is 0 Å². The van der Waals surface area contributed by atoms with Crippen LogP contribution in [-0.2, 0) is 0 Å². The van der Waals surface area contributed by atoms with E-state index in [0.29, 0.717) is 6.04 Å². The van der Waals surface area contributed by atoms with Crippen LogP contribution in [0.5, 0.6) is 0 Å². The smallest absolute Gasteiger partial charge is 0.123 e. The molecule has 1 aromatic heterocycles. The van der Waals surface area contributed by atoms with Crippen molar-refractivity contribution in [1.82, 2.24) is 9.78 Å². The third-order valence-corrected chi connectivity index (χ3v) is 1.68. The summed E-state index contributed by atoms with van der Waals surface area (Å²) in [6, 6.07) is 2.48. The number of hydrogen-bond acceptors (Lipinski definition) is 1. The van der Waals surface area contributed by atoms with E-state index in [1.54, 1.807) is 0 Å². The summed E-state index contributed by atoms with van der Waals surface area (Å²) in [5, 5.41) is 4.21. The van der Waals surface area contributed by atoms with Gasteiger partial charge in [-0.15, -0.1) is 0 Å². The summed E-state index contributed by atoms with van der Waals surface area (Å²) < 4.78 is 3.00. The fourth-order valence-corrected chi connectivity index (χ4v) is 1.01. The highest BCUT2D eigenvalue weighted by Gasteiger charge is 1.96. The molecule has 1 aromatic rings. The summed E-state index contributed by atoms with van der Waals surface area (Å²) >= 11 is 2.20. The van der Waals surface area contributed by atoms with Gasteiger partial charge in [0.15, 0.2) is 0 Å². The van der Waals surface area contributed by atoms with Gasteiger partial charge in [0.2, 0.25) is 0 Å². The van der Waals surface area contributed by atoms with Crippen LogP contribution in [-0.4, -0.2) is 9.78 Å². The van der Waals surface area contributed by atoms with Crippen molar-refractivity contribution in [3.63, 3.8) is 0 Å². The molecule has 0 radical (unpaired) electrons. The fraction of sp³-hybridized carbons (Fsp3) is 0.500. The van der Waals surface area contributed by atoms with Crippen LogP contribution in [0.4, 0.5) is 0 Å². The summed E-state index contributed by atoms with van der Waals surface area (Å²) in [6.45, 7) is 4.23. The van der Waals surface area contributed by atoms with Crippen LogP contribution in [0.1, 0.15) is 19.9 Å². The zero-order chi connectivity index (χ0) is 6.85. The van der Waals surface area contributed by atoms with Crippen molar-refractivity contribution in [1.29, 1.82) is 0 Å². The highest BCUT2D eigenvalue weighted by molar-refractivity contribution is 14.1. The predicted octanol–water partition coefficient (Wildman–Crippen LogP) is 2.07. The largest absolute Gasteiger partial charge is 0.269 e. The zero-order valence-electron chi connectivity index (χ0n) is 5.50. The molecule has 0 saturated heterocycles. The molecule has 0 atom stereocenters.